The number of likely N-dealkylation sites (tertiary alicyclic amines) is 1. The molecule has 2 aliphatic heterocycles. The van der Waals surface area contributed by atoms with Gasteiger partial charge in [0.1, 0.15) is 6.21 Å². The molecule has 3 aromatic rings. The van der Waals surface area contributed by atoms with Crippen molar-refractivity contribution in [3.8, 4) is 0 Å². The molecule has 1 atom stereocenters. The molecular weight excluding hydrogens is 496 g/mol. The van der Waals surface area contributed by atoms with Gasteiger partial charge in [-0.15, -0.1) is 0 Å². The normalized spacial score (nSPS) is 15.2. The van der Waals surface area contributed by atoms with Gasteiger partial charge in [0.2, 0.25) is 0 Å². The maximum Gasteiger partial charge on any atom is 0.355 e. The Morgan fingerprint density at radius 1 is 1.13 bits per heavy atom. The van der Waals surface area contributed by atoms with Crippen LogP contribution >= 0.6 is 11.6 Å². The van der Waals surface area contributed by atoms with E-state index in [0.717, 1.165) is 60.3 Å². The van der Waals surface area contributed by atoms with E-state index in [0.29, 0.717) is 10.6 Å². The van der Waals surface area contributed by atoms with Gasteiger partial charge in [0.25, 0.3) is 11.7 Å². The Balaban J connectivity index is 0.00000164. The molecule has 2 aromatic carbocycles. The van der Waals surface area contributed by atoms with Crippen molar-refractivity contribution in [2.45, 2.75) is 59.5 Å². The van der Waals surface area contributed by atoms with Crippen molar-refractivity contribution in [1.82, 2.24) is 14.9 Å². The van der Waals surface area contributed by atoms with Crippen molar-refractivity contribution in [3.63, 3.8) is 0 Å². The number of hydrogen-bond acceptors (Lipinski definition) is 5. The number of amides is 1. The molecule has 2 aliphatic rings. The first-order chi connectivity index (χ1) is 18.5. The van der Waals surface area contributed by atoms with E-state index in [4.69, 9.17) is 11.6 Å². The lowest BCUT2D eigenvalue weighted by atomic mass is 10.1. The number of halogens is 1. The van der Waals surface area contributed by atoms with Crippen LogP contribution in [0.15, 0.2) is 48.7 Å². The van der Waals surface area contributed by atoms with E-state index in [1.54, 1.807) is 12.3 Å². The Hall–Kier alpha value is -3.29. The number of benzene rings is 2. The molecule has 200 valence electrons. The van der Waals surface area contributed by atoms with Gasteiger partial charge in [-0.2, -0.15) is 0 Å². The van der Waals surface area contributed by atoms with Crippen LogP contribution in [-0.2, 0) is 6.54 Å². The Morgan fingerprint density at radius 2 is 1.92 bits per heavy atom. The fourth-order valence-corrected chi connectivity index (χ4v) is 4.95. The average Bonchev–Trinajstić information content (AvgIpc) is 2.93. The first-order valence-electron chi connectivity index (χ1n) is 13.7. The molecule has 0 spiro atoms. The summed E-state index contributed by atoms with van der Waals surface area (Å²) in [7, 11) is 0. The second-order valence-electron chi connectivity index (χ2n) is 9.47. The topological polar surface area (TPSA) is 73.2 Å². The molecule has 0 radical (unpaired) electrons. The number of nitrogens with zero attached hydrogens (tertiary/aromatic N) is 4. The van der Waals surface area contributed by atoms with Gasteiger partial charge >= 0.3 is 5.82 Å². The Bertz CT molecular complexity index is 1300. The van der Waals surface area contributed by atoms with Gasteiger partial charge in [0.15, 0.2) is 5.69 Å². The lowest BCUT2D eigenvalue weighted by molar-refractivity contribution is -0.447. The van der Waals surface area contributed by atoms with Crippen LogP contribution in [0.1, 0.15) is 80.2 Å². The van der Waals surface area contributed by atoms with E-state index < -0.39 is 0 Å². The lowest BCUT2D eigenvalue weighted by Crippen LogP contribution is -2.29. The van der Waals surface area contributed by atoms with Gasteiger partial charge in [0, 0.05) is 22.8 Å². The minimum absolute atomic E-state index is 0.0168. The third kappa shape index (κ3) is 6.58. The molecule has 1 saturated heterocycles. The van der Waals surface area contributed by atoms with E-state index >= 15 is 0 Å². The summed E-state index contributed by atoms with van der Waals surface area (Å²) in [6, 6.07) is 13.4. The zero-order valence-corrected chi connectivity index (χ0v) is 23.6. The third-order valence-corrected chi connectivity index (χ3v) is 7.19. The quantitative estimate of drug-likeness (QED) is 0.316. The second-order valence-corrected chi connectivity index (χ2v) is 9.88. The second kappa shape index (κ2) is 13.0. The smallest absolute Gasteiger partial charge is 0.342 e. The molecule has 1 aromatic heterocycles. The van der Waals surface area contributed by atoms with Gasteiger partial charge in [-0.3, -0.25) is 9.69 Å². The summed E-state index contributed by atoms with van der Waals surface area (Å²) in [6.45, 7) is 12.1. The highest BCUT2D eigenvalue weighted by molar-refractivity contribution is 6.31. The molecule has 7 nitrogen and oxygen atoms in total. The van der Waals surface area contributed by atoms with Crippen LogP contribution < -0.4 is 10.6 Å². The highest BCUT2D eigenvalue weighted by atomic mass is 35.5. The molecule has 5 rings (SSSR count). The predicted octanol–water partition coefficient (Wildman–Crippen LogP) is 6.66. The molecule has 0 aliphatic carbocycles. The summed E-state index contributed by atoms with van der Waals surface area (Å²) in [5, 5.41) is 7.06. The monoisotopic (exact) mass is 533 g/mol. The van der Waals surface area contributed by atoms with Gasteiger partial charge in [-0.25, -0.2) is 9.56 Å². The van der Waals surface area contributed by atoms with Crippen LogP contribution in [0.2, 0.25) is 5.02 Å². The Labute approximate surface area is 231 Å². The van der Waals surface area contributed by atoms with Crippen LogP contribution in [0.3, 0.4) is 0 Å². The summed E-state index contributed by atoms with van der Waals surface area (Å²) in [6.07, 6.45) is 7.53. The molecule has 1 amide bonds. The Morgan fingerprint density at radius 3 is 2.66 bits per heavy atom. The summed E-state index contributed by atoms with van der Waals surface area (Å²) >= 11 is 6.55. The van der Waals surface area contributed by atoms with Crippen LogP contribution in [0.5, 0.6) is 0 Å². The molecule has 3 heterocycles. The molecule has 1 fully saturated rings. The van der Waals surface area contributed by atoms with E-state index in [1.807, 2.05) is 56.5 Å². The number of carbonyl (C=O) groups excluding carboxylic acids is 1. The van der Waals surface area contributed by atoms with Crippen molar-refractivity contribution < 1.29 is 9.37 Å². The number of aromatic nitrogens is 2. The maximum atomic E-state index is 13.0. The summed E-state index contributed by atoms with van der Waals surface area (Å²) < 4.78 is 2.07. The van der Waals surface area contributed by atoms with Crippen LogP contribution in [0.25, 0.3) is 0 Å². The van der Waals surface area contributed by atoms with Gasteiger partial charge in [0.05, 0.1) is 18.8 Å². The Kier molecular flexibility index (Phi) is 9.48. The molecule has 0 bridgehead atoms. The number of fused-ring (bicyclic) bond motifs is 1. The van der Waals surface area contributed by atoms with Crippen molar-refractivity contribution in [3.05, 3.63) is 76.1 Å². The van der Waals surface area contributed by atoms with E-state index in [9.17, 15) is 4.79 Å². The maximum absolute atomic E-state index is 13.0. The molecule has 8 heteroatoms. The standard InChI is InChI=1S/C28H31ClN6O.C2H6/c1-3-35-18-25-27(35)33-26(16-30-25)31-19(2)20-8-7-9-23(14-20)32-28(36)21-10-11-22(24(29)15-21)17-34-12-5-4-6-13-34;1-2/h7-11,14-16,18-19H,3-6,12-13,17H2,1-2H3,(H,32,36);1-2H3/p+1. The van der Waals surface area contributed by atoms with Crippen LogP contribution in [0.4, 0.5) is 17.3 Å². The molecule has 38 heavy (non-hydrogen) atoms. The lowest BCUT2D eigenvalue weighted by Gasteiger charge is -2.26. The fraction of sp³-hybridized carbons (Fsp3) is 0.400. The largest absolute Gasteiger partial charge is 0.355 e. The molecule has 2 N–H and O–H groups in total. The van der Waals surface area contributed by atoms with Crippen molar-refractivity contribution in [2.75, 3.05) is 30.3 Å². The summed E-state index contributed by atoms with van der Waals surface area (Å²) in [4.78, 5) is 24.5. The highest BCUT2D eigenvalue weighted by Gasteiger charge is 2.28. The number of hydrogen-bond donors (Lipinski definition) is 2. The predicted molar refractivity (Wildman–Crippen MR) is 156 cm³/mol. The third-order valence-electron chi connectivity index (χ3n) is 6.84. The van der Waals surface area contributed by atoms with Gasteiger partial charge < -0.3 is 10.6 Å². The highest BCUT2D eigenvalue weighted by Crippen LogP contribution is 2.26. The van der Waals surface area contributed by atoms with E-state index in [2.05, 4.69) is 43.9 Å². The van der Waals surface area contributed by atoms with E-state index in [1.165, 1.54) is 19.3 Å². The van der Waals surface area contributed by atoms with Crippen LogP contribution in [0, 0.1) is 0 Å². The van der Waals surface area contributed by atoms with Crippen LogP contribution in [-0.4, -0.2) is 51.2 Å². The summed E-state index contributed by atoms with van der Waals surface area (Å²) in [5.41, 5.74) is 4.30. The fourth-order valence-electron chi connectivity index (χ4n) is 4.71. The number of carbonyl (C=O) groups is 1. The zero-order valence-electron chi connectivity index (χ0n) is 22.8. The minimum atomic E-state index is -0.177. The summed E-state index contributed by atoms with van der Waals surface area (Å²) in [5.74, 6) is 1.45. The molecular formula is C30H38ClN6O+. The number of anilines is 2. The van der Waals surface area contributed by atoms with Gasteiger partial charge in [-0.1, -0.05) is 50.1 Å². The van der Waals surface area contributed by atoms with E-state index in [-0.39, 0.29) is 11.9 Å². The first-order valence-corrected chi connectivity index (χ1v) is 14.0. The number of nitrogens with one attached hydrogen (secondary N) is 2. The van der Waals surface area contributed by atoms with Crippen molar-refractivity contribution in [2.24, 2.45) is 0 Å². The van der Waals surface area contributed by atoms with Crippen molar-refractivity contribution in [1.29, 1.82) is 0 Å². The first kappa shape index (κ1) is 27.7. The minimum Gasteiger partial charge on any atom is -0.342 e. The molecule has 1 unspecified atom stereocenters. The SMILES string of the molecule is CC.CC[N+]1=Cc2ncc(NC(C)c3cccc(NC(=O)c4ccc(CN5CCCCC5)c(Cl)c4)c3)nc21. The van der Waals surface area contributed by atoms with Gasteiger partial charge in [-0.05, 0) is 80.2 Å². The zero-order chi connectivity index (χ0) is 27.1. The number of rotatable bonds is 8. The average molecular weight is 534 g/mol. The van der Waals surface area contributed by atoms with Crippen molar-refractivity contribution >= 4 is 41.0 Å². The molecule has 0 saturated carbocycles. The number of piperidine rings is 1.